The van der Waals surface area contributed by atoms with Crippen LogP contribution in [0.15, 0.2) is 52.5 Å². The summed E-state index contributed by atoms with van der Waals surface area (Å²) < 4.78 is 0. The summed E-state index contributed by atoms with van der Waals surface area (Å²) in [6.07, 6.45) is -4.43. The number of rotatable bonds is 9. The van der Waals surface area contributed by atoms with Crippen molar-refractivity contribution in [2.24, 2.45) is 0 Å². The molecule has 0 saturated carbocycles. The van der Waals surface area contributed by atoms with E-state index in [0.717, 1.165) is 15.6 Å². The molecule has 0 aliphatic heterocycles. The van der Waals surface area contributed by atoms with E-state index in [1.54, 1.807) is 30.3 Å². The molecule has 0 amide bonds. The van der Waals surface area contributed by atoms with Crippen molar-refractivity contribution in [3.8, 4) is 0 Å². The van der Waals surface area contributed by atoms with Crippen LogP contribution in [0, 0.1) is 0 Å². The molecule has 0 radical (unpaired) electrons. The van der Waals surface area contributed by atoms with Crippen LogP contribution >= 0.6 is 11.8 Å². The minimum Gasteiger partial charge on any atom is -0.398 e. The molecule has 4 unspecified atom stereocenters. The highest BCUT2D eigenvalue weighted by Crippen LogP contribution is 2.33. The molecular formula is C18H25N3O5S. The number of pyridine rings is 1. The van der Waals surface area contributed by atoms with Gasteiger partial charge in [0.2, 0.25) is 0 Å². The summed E-state index contributed by atoms with van der Waals surface area (Å²) in [5, 5.41) is 48.8. The summed E-state index contributed by atoms with van der Waals surface area (Å²) >= 11 is 1.41. The molecule has 7 N–H and O–H groups in total. The first-order chi connectivity index (χ1) is 12.8. The lowest BCUT2D eigenvalue weighted by molar-refractivity contribution is -0.112. The molecular weight excluding hydrogens is 370 g/mol. The molecule has 2 aromatic rings. The van der Waals surface area contributed by atoms with Gasteiger partial charge >= 0.3 is 0 Å². The molecule has 27 heavy (non-hydrogen) atoms. The smallest absolute Gasteiger partial charge is 0.111 e. The molecule has 0 saturated heterocycles. The Morgan fingerprint density at radius 2 is 1.78 bits per heavy atom. The van der Waals surface area contributed by atoms with E-state index in [9.17, 15) is 20.4 Å². The number of likely N-dealkylation sites (N-methyl/N-ethyl adjacent to an activating group) is 1. The van der Waals surface area contributed by atoms with Crippen molar-refractivity contribution >= 4 is 23.1 Å². The Labute approximate surface area is 161 Å². The van der Waals surface area contributed by atoms with Crippen LogP contribution in [0.3, 0.4) is 0 Å². The second-order valence-electron chi connectivity index (χ2n) is 6.17. The normalized spacial score (nSPS) is 15.8. The molecule has 9 heteroatoms. The highest BCUT2D eigenvalue weighted by atomic mass is 32.2. The van der Waals surface area contributed by atoms with Gasteiger partial charge in [0.25, 0.3) is 0 Å². The molecule has 1 aromatic heterocycles. The Morgan fingerprint density at radius 3 is 2.41 bits per heavy atom. The fourth-order valence-corrected chi connectivity index (χ4v) is 3.28. The van der Waals surface area contributed by atoms with Gasteiger partial charge in [-0.1, -0.05) is 17.8 Å². The fraction of sp³-hybridized carbons (Fsp3) is 0.389. The molecule has 1 aromatic carbocycles. The number of nitrogens with two attached hydrogens (primary N) is 1. The molecule has 8 nitrogen and oxygen atoms in total. The summed E-state index contributed by atoms with van der Waals surface area (Å²) in [6.45, 7) is -0.721. The number of benzene rings is 1. The third-order valence-electron chi connectivity index (χ3n) is 4.08. The van der Waals surface area contributed by atoms with E-state index in [4.69, 9.17) is 10.8 Å². The predicted molar refractivity (Wildman–Crippen MR) is 104 cm³/mol. The van der Waals surface area contributed by atoms with Crippen LogP contribution in [0.25, 0.3) is 0 Å². The second kappa shape index (κ2) is 9.88. The van der Waals surface area contributed by atoms with Crippen LogP contribution in [-0.4, -0.2) is 75.1 Å². The summed E-state index contributed by atoms with van der Waals surface area (Å²) in [6, 6.07) is 10.9. The average Bonchev–Trinajstić information content (AvgIpc) is 2.68. The van der Waals surface area contributed by atoms with Crippen LogP contribution in [0.2, 0.25) is 0 Å². The van der Waals surface area contributed by atoms with Gasteiger partial charge in [-0.25, -0.2) is 4.98 Å². The van der Waals surface area contributed by atoms with Gasteiger partial charge in [0, 0.05) is 36.1 Å². The standard InChI is InChI=1S/C18H25N3O5S/c1-21(9-13(23)17(25)18(26)14(24)10-22)11-5-6-12(19)15(8-11)27-16-4-2-3-7-20-16/h2-8,13-14,17-18,22-26H,9-10,19H2,1H3. The maximum absolute atomic E-state index is 10.1. The average molecular weight is 395 g/mol. The molecule has 148 valence electrons. The van der Waals surface area contributed by atoms with Gasteiger partial charge < -0.3 is 36.2 Å². The highest BCUT2D eigenvalue weighted by molar-refractivity contribution is 7.99. The number of aliphatic hydroxyl groups excluding tert-OH is 5. The van der Waals surface area contributed by atoms with Crippen LogP contribution < -0.4 is 10.6 Å². The quantitative estimate of drug-likeness (QED) is 0.315. The zero-order valence-corrected chi connectivity index (χ0v) is 15.7. The minimum atomic E-state index is -1.65. The van der Waals surface area contributed by atoms with E-state index in [1.165, 1.54) is 11.8 Å². The molecule has 0 fully saturated rings. The zero-order valence-electron chi connectivity index (χ0n) is 14.9. The Morgan fingerprint density at radius 1 is 1.07 bits per heavy atom. The molecule has 1 heterocycles. The van der Waals surface area contributed by atoms with Crippen molar-refractivity contribution in [3.63, 3.8) is 0 Å². The van der Waals surface area contributed by atoms with Gasteiger partial charge in [-0.2, -0.15) is 0 Å². The van der Waals surface area contributed by atoms with Gasteiger partial charge in [-0.15, -0.1) is 0 Å². The van der Waals surface area contributed by atoms with Gasteiger partial charge in [0.15, 0.2) is 0 Å². The van der Waals surface area contributed by atoms with Gasteiger partial charge in [-0.05, 0) is 30.3 Å². The van der Waals surface area contributed by atoms with Crippen LogP contribution in [0.5, 0.6) is 0 Å². The predicted octanol–water partition coefficient (Wildman–Crippen LogP) is -0.313. The summed E-state index contributed by atoms with van der Waals surface area (Å²) in [7, 11) is 1.71. The second-order valence-corrected chi connectivity index (χ2v) is 7.23. The monoisotopic (exact) mass is 395 g/mol. The Hall–Kier alpha value is -1.88. The first kappa shape index (κ1) is 21.4. The number of nitrogens with zero attached hydrogens (tertiary/aromatic N) is 2. The fourth-order valence-electron chi connectivity index (χ4n) is 2.43. The first-order valence-corrected chi connectivity index (χ1v) is 9.17. The largest absolute Gasteiger partial charge is 0.398 e. The lowest BCUT2D eigenvalue weighted by Crippen LogP contribution is -2.49. The van der Waals surface area contributed by atoms with Crippen LogP contribution in [-0.2, 0) is 0 Å². The SMILES string of the molecule is CN(CC(O)C(O)C(O)C(O)CO)c1ccc(N)c(Sc2ccccn2)c1. The molecule has 4 atom stereocenters. The Balaban J connectivity index is 2.07. The summed E-state index contributed by atoms with van der Waals surface area (Å²) in [5.41, 5.74) is 7.36. The van der Waals surface area contributed by atoms with Crippen LogP contribution in [0.1, 0.15) is 0 Å². The van der Waals surface area contributed by atoms with Crippen molar-refractivity contribution in [1.82, 2.24) is 4.98 Å². The first-order valence-electron chi connectivity index (χ1n) is 8.36. The summed E-state index contributed by atoms with van der Waals surface area (Å²) in [4.78, 5) is 6.74. The number of anilines is 2. The van der Waals surface area contributed by atoms with Gasteiger partial charge in [0.05, 0.1) is 12.7 Å². The molecule has 0 aliphatic rings. The lowest BCUT2D eigenvalue weighted by Gasteiger charge is -2.29. The Kier molecular flexibility index (Phi) is 7.84. The van der Waals surface area contributed by atoms with E-state index < -0.39 is 31.0 Å². The number of hydrogen-bond acceptors (Lipinski definition) is 9. The number of aromatic nitrogens is 1. The number of aliphatic hydroxyl groups is 5. The van der Waals surface area contributed by atoms with Crippen molar-refractivity contribution in [1.29, 1.82) is 0 Å². The molecule has 0 bridgehead atoms. The molecule has 2 rings (SSSR count). The highest BCUT2D eigenvalue weighted by Gasteiger charge is 2.30. The van der Waals surface area contributed by atoms with E-state index in [0.29, 0.717) is 5.69 Å². The number of hydrogen-bond donors (Lipinski definition) is 6. The lowest BCUT2D eigenvalue weighted by atomic mass is 10.0. The van der Waals surface area contributed by atoms with Crippen molar-refractivity contribution < 1.29 is 25.5 Å². The summed E-state index contributed by atoms with van der Waals surface area (Å²) in [5.74, 6) is 0. The third kappa shape index (κ3) is 5.80. The Bertz CT molecular complexity index is 721. The van der Waals surface area contributed by atoms with E-state index >= 15 is 0 Å². The van der Waals surface area contributed by atoms with E-state index in [2.05, 4.69) is 4.98 Å². The van der Waals surface area contributed by atoms with Crippen molar-refractivity contribution in [2.45, 2.75) is 34.3 Å². The third-order valence-corrected chi connectivity index (χ3v) is 5.10. The van der Waals surface area contributed by atoms with Gasteiger partial charge in [-0.3, -0.25) is 0 Å². The maximum atomic E-state index is 10.1. The van der Waals surface area contributed by atoms with E-state index in [1.807, 2.05) is 24.3 Å². The maximum Gasteiger partial charge on any atom is 0.111 e. The van der Waals surface area contributed by atoms with Crippen molar-refractivity contribution in [3.05, 3.63) is 42.6 Å². The number of nitrogen functional groups attached to an aromatic ring is 1. The van der Waals surface area contributed by atoms with Crippen molar-refractivity contribution in [2.75, 3.05) is 30.8 Å². The minimum absolute atomic E-state index is 0.00597. The zero-order chi connectivity index (χ0) is 20.0. The van der Waals surface area contributed by atoms with E-state index in [-0.39, 0.29) is 6.54 Å². The van der Waals surface area contributed by atoms with Crippen LogP contribution in [0.4, 0.5) is 11.4 Å². The topological polar surface area (TPSA) is 143 Å². The molecule has 0 spiro atoms. The van der Waals surface area contributed by atoms with Gasteiger partial charge in [0.1, 0.15) is 23.3 Å². The molecule has 0 aliphatic carbocycles.